The molecule has 1 atom stereocenters. The highest BCUT2D eigenvalue weighted by atomic mass is 16.6. The van der Waals surface area contributed by atoms with Crippen molar-refractivity contribution in [3.8, 4) is 5.75 Å². The van der Waals surface area contributed by atoms with E-state index in [0.29, 0.717) is 42.7 Å². The Balaban J connectivity index is 1.21. The summed E-state index contributed by atoms with van der Waals surface area (Å²) in [5.41, 5.74) is 3.72. The van der Waals surface area contributed by atoms with Gasteiger partial charge in [-0.2, -0.15) is 4.98 Å². The second-order valence-corrected chi connectivity index (χ2v) is 12.8. The zero-order valence-electron chi connectivity index (χ0n) is 26.9. The van der Waals surface area contributed by atoms with Crippen LogP contribution in [-0.2, 0) is 11.3 Å². The lowest BCUT2D eigenvalue weighted by Crippen LogP contribution is -2.50. The van der Waals surface area contributed by atoms with Crippen molar-refractivity contribution in [1.82, 2.24) is 19.8 Å². The molecule has 0 aliphatic carbocycles. The Hall–Kier alpha value is -4.58. The number of nitrogens with one attached hydrogen (secondary N) is 1. The van der Waals surface area contributed by atoms with Crippen LogP contribution in [0.25, 0.3) is 0 Å². The van der Waals surface area contributed by atoms with E-state index in [1.165, 1.54) is 5.69 Å². The summed E-state index contributed by atoms with van der Waals surface area (Å²) < 4.78 is 11.4. The Morgan fingerprint density at radius 3 is 2.42 bits per heavy atom. The molecule has 12 heteroatoms. The summed E-state index contributed by atoms with van der Waals surface area (Å²) in [6.45, 7) is 10.4. The third-order valence-corrected chi connectivity index (χ3v) is 8.52. The molecule has 1 N–H and O–H groups in total. The highest BCUT2D eigenvalue weighted by Gasteiger charge is 2.41. The van der Waals surface area contributed by atoms with Gasteiger partial charge < -0.3 is 29.5 Å². The lowest BCUT2D eigenvalue weighted by atomic mass is 9.93. The van der Waals surface area contributed by atoms with Crippen LogP contribution in [0.5, 0.6) is 5.75 Å². The molecule has 4 heterocycles. The smallest absolute Gasteiger partial charge is 0.414 e. The number of para-hydroxylation sites is 1. The maximum atomic E-state index is 13.9. The Morgan fingerprint density at radius 1 is 1.00 bits per heavy atom. The average molecular weight is 615 g/mol. The highest BCUT2D eigenvalue weighted by Crippen LogP contribution is 2.45. The molecule has 0 radical (unpaired) electrons. The predicted octanol–water partition coefficient (Wildman–Crippen LogP) is 5.24. The number of fused-ring (bicyclic) bond motifs is 2. The number of amides is 3. The molecular weight excluding hydrogens is 572 g/mol. The van der Waals surface area contributed by atoms with Gasteiger partial charge in [-0.05, 0) is 64.6 Å². The largest absolute Gasteiger partial charge is 0.495 e. The van der Waals surface area contributed by atoms with Gasteiger partial charge in [-0.15, -0.1) is 0 Å². The number of carbonyl (C=O) groups is 2. The van der Waals surface area contributed by atoms with Crippen molar-refractivity contribution in [3.63, 3.8) is 0 Å². The normalized spacial score (nSPS) is 18.8. The molecule has 238 valence electrons. The van der Waals surface area contributed by atoms with Gasteiger partial charge in [0, 0.05) is 68.5 Å². The molecule has 3 amide bonds. The zero-order valence-corrected chi connectivity index (χ0v) is 26.9. The van der Waals surface area contributed by atoms with Gasteiger partial charge in [0.2, 0.25) is 5.95 Å². The van der Waals surface area contributed by atoms with Crippen LogP contribution in [0.2, 0.25) is 0 Å². The Morgan fingerprint density at radius 2 is 1.73 bits per heavy atom. The van der Waals surface area contributed by atoms with Crippen LogP contribution in [0.1, 0.15) is 44.4 Å². The van der Waals surface area contributed by atoms with Gasteiger partial charge in [-0.3, -0.25) is 9.80 Å². The molecule has 3 aliphatic rings. The van der Waals surface area contributed by atoms with Crippen molar-refractivity contribution in [3.05, 3.63) is 59.8 Å². The van der Waals surface area contributed by atoms with Crippen LogP contribution in [0.15, 0.2) is 48.7 Å². The van der Waals surface area contributed by atoms with Crippen LogP contribution < -0.4 is 24.8 Å². The summed E-state index contributed by atoms with van der Waals surface area (Å²) in [5, 5.41) is 3.29. The number of methoxy groups -OCH3 is 1. The van der Waals surface area contributed by atoms with Crippen LogP contribution in [0, 0.1) is 0 Å². The number of urea groups is 1. The van der Waals surface area contributed by atoms with E-state index in [2.05, 4.69) is 39.3 Å². The minimum absolute atomic E-state index is 0.173. The Bertz CT molecular complexity index is 1570. The maximum absolute atomic E-state index is 13.9. The predicted molar refractivity (Wildman–Crippen MR) is 175 cm³/mol. The molecule has 6 rings (SSSR count). The number of hydrogen-bond acceptors (Lipinski definition) is 9. The van der Waals surface area contributed by atoms with Gasteiger partial charge in [0.15, 0.2) is 0 Å². The first-order valence-corrected chi connectivity index (χ1v) is 15.4. The maximum Gasteiger partial charge on any atom is 0.414 e. The van der Waals surface area contributed by atoms with Gasteiger partial charge >= 0.3 is 12.1 Å². The summed E-state index contributed by atoms with van der Waals surface area (Å²) in [5.74, 6) is 1.55. The van der Waals surface area contributed by atoms with Crippen molar-refractivity contribution in [2.75, 3.05) is 73.9 Å². The molecule has 45 heavy (non-hydrogen) atoms. The van der Waals surface area contributed by atoms with Gasteiger partial charge in [0.25, 0.3) is 0 Å². The standard InChI is InChI=1S/C33H42N8O4/c1-33(2,3)45-32(43)40-15-14-26(25-8-7-9-27(44-6)28(25)40)41-21-22-20-34-30(36-29(22)38(5)31(41)42)35-23-10-12-24(13-11-23)39-18-16-37(4)17-19-39/h7-13,20,26H,14-19,21H2,1-6H3,(H,34,35,36). The molecule has 12 nitrogen and oxygen atoms in total. The van der Waals surface area contributed by atoms with E-state index >= 15 is 0 Å². The van der Waals surface area contributed by atoms with E-state index in [9.17, 15) is 9.59 Å². The molecule has 1 saturated heterocycles. The lowest BCUT2D eigenvalue weighted by Gasteiger charge is -2.43. The number of ether oxygens (including phenoxy) is 2. The summed E-state index contributed by atoms with van der Waals surface area (Å²) in [6, 6.07) is 13.5. The third-order valence-electron chi connectivity index (χ3n) is 8.52. The fourth-order valence-corrected chi connectivity index (χ4v) is 6.19. The number of piperazine rings is 1. The minimum Gasteiger partial charge on any atom is -0.495 e. The van der Waals surface area contributed by atoms with Crippen LogP contribution in [0.3, 0.4) is 0 Å². The van der Waals surface area contributed by atoms with Crippen LogP contribution in [-0.4, -0.2) is 91.4 Å². The average Bonchev–Trinajstić information content (AvgIpc) is 3.02. The van der Waals surface area contributed by atoms with Crippen LogP contribution >= 0.6 is 0 Å². The third kappa shape index (κ3) is 6.19. The summed E-state index contributed by atoms with van der Waals surface area (Å²) in [6.07, 6.45) is 1.88. The molecule has 3 aliphatic heterocycles. The first kappa shape index (κ1) is 30.4. The highest BCUT2D eigenvalue weighted by molar-refractivity contribution is 5.95. The fourth-order valence-electron chi connectivity index (χ4n) is 6.19. The zero-order chi connectivity index (χ0) is 31.9. The van der Waals surface area contributed by atoms with Crippen molar-refractivity contribution in [2.45, 2.75) is 45.4 Å². The van der Waals surface area contributed by atoms with E-state index in [1.54, 1.807) is 30.2 Å². The molecule has 2 aromatic carbocycles. The molecule has 1 unspecified atom stereocenters. The van der Waals surface area contributed by atoms with Crippen molar-refractivity contribution < 1.29 is 19.1 Å². The van der Waals surface area contributed by atoms with Gasteiger partial charge in [-0.25, -0.2) is 14.6 Å². The molecule has 0 spiro atoms. The molecule has 0 saturated carbocycles. The molecule has 3 aromatic rings. The summed E-state index contributed by atoms with van der Waals surface area (Å²) in [7, 11) is 5.46. The van der Waals surface area contributed by atoms with Gasteiger partial charge in [-0.1, -0.05) is 12.1 Å². The SMILES string of the molecule is COc1cccc2c1N(C(=O)OC(C)(C)C)CCC2N1Cc2cnc(Nc3ccc(N4CCN(C)CC4)cc3)nc2N(C)C1=O. The van der Waals surface area contributed by atoms with Gasteiger partial charge in [0.05, 0.1) is 25.4 Å². The summed E-state index contributed by atoms with van der Waals surface area (Å²) in [4.78, 5) is 46.1. The van der Waals surface area contributed by atoms with Crippen molar-refractivity contribution >= 4 is 41.0 Å². The number of hydrogen-bond donors (Lipinski definition) is 1. The number of anilines is 5. The number of nitrogens with zero attached hydrogens (tertiary/aromatic N) is 7. The van der Waals surface area contributed by atoms with Crippen molar-refractivity contribution in [1.29, 1.82) is 0 Å². The van der Waals surface area contributed by atoms with Crippen LogP contribution in [0.4, 0.5) is 38.4 Å². The quantitative estimate of drug-likeness (QED) is 0.413. The topological polar surface area (TPSA) is 107 Å². The number of likely N-dealkylation sites (N-methyl/N-ethyl adjacent to an activating group) is 1. The first-order valence-electron chi connectivity index (χ1n) is 15.4. The first-order chi connectivity index (χ1) is 21.5. The van der Waals surface area contributed by atoms with E-state index in [4.69, 9.17) is 14.5 Å². The minimum atomic E-state index is -0.646. The second kappa shape index (κ2) is 12.1. The number of aromatic nitrogens is 2. The fraction of sp³-hybridized carbons (Fsp3) is 0.455. The molecule has 1 fully saturated rings. The second-order valence-electron chi connectivity index (χ2n) is 12.8. The number of rotatable bonds is 5. The molecule has 0 bridgehead atoms. The number of carbonyl (C=O) groups excluding carboxylic acids is 2. The monoisotopic (exact) mass is 614 g/mol. The molecule has 1 aromatic heterocycles. The lowest BCUT2D eigenvalue weighted by molar-refractivity contribution is 0.0571. The van der Waals surface area contributed by atoms with Gasteiger partial charge in [0.1, 0.15) is 17.2 Å². The number of benzene rings is 2. The Labute approximate surface area is 264 Å². The van der Waals surface area contributed by atoms with E-state index in [1.807, 2.05) is 56.0 Å². The van der Waals surface area contributed by atoms with E-state index in [0.717, 1.165) is 43.0 Å². The van der Waals surface area contributed by atoms with E-state index < -0.39 is 11.7 Å². The summed E-state index contributed by atoms with van der Waals surface area (Å²) >= 11 is 0. The van der Waals surface area contributed by atoms with Crippen molar-refractivity contribution in [2.24, 2.45) is 0 Å². The van der Waals surface area contributed by atoms with E-state index in [-0.39, 0.29) is 12.1 Å². The molecular formula is C33H42N8O4. The Kier molecular flexibility index (Phi) is 8.17.